The number of benzene rings is 2. The summed E-state index contributed by atoms with van der Waals surface area (Å²) in [6.07, 6.45) is 12.6. The topological polar surface area (TPSA) is 3.24 Å². The van der Waals surface area contributed by atoms with E-state index in [1.807, 2.05) is 37.3 Å². The molecule has 0 aliphatic heterocycles. The number of hydrogen-bond donors (Lipinski definition) is 0. The van der Waals surface area contributed by atoms with Crippen LogP contribution in [0.4, 0.5) is 14.5 Å². The van der Waals surface area contributed by atoms with Crippen molar-refractivity contribution in [3.63, 3.8) is 0 Å². The lowest BCUT2D eigenvalue weighted by Gasteiger charge is -2.27. The second kappa shape index (κ2) is 14.1. The largest absolute Gasteiger partial charge is 0.319 e. The normalized spacial score (nSPS) is 12.2. The molecular formula is C29H41F2N. The predicted molar refractivity (Wildman–Crippen MR) is 135 cm³/mol. The van der Waals surface area contributed by atoms with E-state index < -0.39 is 6.55 Å². The summed E-state index contributed by atoms with van der Waals surface area (Å²) in [5, 5.41) is 0. The number of para-hydroxylation sites is 1. The van der Waals surface area contributed by atoms with Crippen molar-refractivity contribution < 1.29 is 8.78 Å². The summed E-state index contributed by atoms with van der Waals surface area (Å²) in [6.45, 7) is 7.77. The van der Waals surface area contributed by atoms with E-state index in [9.17, 15) is 8.78 Å². The molecule has 0 saturated carbocycles. The Hall–Kier alpha value is -2.16. The van der Waals surface area contributed by atoms with Crippen molar-refractivity contribution >= 4 is 11.4 Å². The summed E-state index contributed by atoms with van der Waals surface area (Å²) in [4.78, 5) is 1.04. The molecule has 0 aliphatic rings. The van der Waals surface area contributed by atoms with E-state index in [0.29, 0.717) is 11.4 Å². The molecule has 176 valence electrons. The van der Waals surface area contributed by atoms with Crippen molar-refractivity contribution in [3.05, 3.63) is 71.8 Å². The number of aryl methyl sites for hydroxylation is 2. The van der Waals surface area contributed by atoms with Gasteiger partial charge in [0, 0.05) is 11.4 Å². The van der Waals surface area contributed by atoms with Gasteiger partial charge < -0.3 is 0 Å². The third-order valence-corrected chi connectivity index (χ3v) is 6.36. The van der Waals surface area contributed by atoms with Crippen molar-refractivity contribution in [2.24, 2.45) is 5.92 Å². The van der Waals surface area contributed by atoms with Gasteiger partial charge in [0.25, 0.3) is 0 Å². The number of alkyl halides is 2. The van der Waals surface area contributed by atoms with Crippen molar-refractivity contribution in [1.82, 2.24) is 0 Å². The van der Waals surface area contributed by atoms with Crippen LogP contribution in [-0.2, 0) is 6.42 Å². The Morgan fingerprint density at radius 1 is 0.875 bits per heavy atom. The smallest absolute Gasteiger partial charge is 0.285 e. The van der Waals surface area contributed by atoms with Gasteiger partial charge in [-0.3, -0.25) is 4.90 Å². The lowest BCUT2D eigenvalue weighted by Crippen LogP contribution is -2.27. The fraction of sp³-hybridized carbons (Fsp3) is 0.517. The van der Waals surface area contributed by atoms with E-state index >= 15 is 0 Å². The van der Waals surface area contributed by atoms with Crippen LogP contribution in [0.15, 0.2) is 55.1 Å². The predicted octanol–water partition coefficient (Wildman–Crippen LogP) is 9.40. The highest BCUT2D eigenvalue weighted by Gasteiger charge is 2.22. The quantitative estimate of drug-likeness (QED) is 0.196. The van der Waals surface area contributed by atoms with Crippen LogP contribution in [0.5, 0.6) is 0 Å². The SMILES string of the molecule is C=C(c1cccc(CCCC(CCC)CCCCCC)c1)N(c1ccccc1C)C(F)F. The second-order valence-electron chi connectivity index (χ2n) is 8.98. The summed E-state index contributed by atoms with van der Waals surface area (Å²) >= 11 is 0. The number of nitrogens with zero attached hydrogens (tertiary/aromatic N) is 1. The van der Waals surface area contributed by atoms with Crippen molar-refractivity contribution in [3.8, 4) is 0 Å². The van der Waals surface area contributed by atoms with Crippen molar-refractivity contribution in [2.75, 3.05) is 4.90 Å². The first kappa shape index (κ1) is 26.1. The molecule has 0 spiro atoms. The maximum Gasteiger partial charge on any atom is 0.319 e. The lowest BCUT2D eigenvalue weighted by molar-refractivity contribution is 0.156. The van der Waals surface area contributed by atoms with Gasteiger partial charge >= 0.3 is 6.55 Å². The molecule has 0 aliphatic carbocycles. The van der Waals surface area contributed by atoms with Gasteiger partial charge in [0.15, 0.2) is 0 Å². The van der Waals surface area contributed by atoms with E-state index in [1.165, 1.54) is 56.9 Å². The lowest BCUT2D eigenvalue weighted by atomic mass is 9.90. The number of halogens is 2. The Kier molecular flexibility index (Phi) is 11.5. The van der Waals surface area contributed by atoms with Crippen molar-refractivity contribution in [2.45, 2.75) is 91.5 Å². The maximum atomic E-state index is 14.0. The highest BCUT2D eigenvalue weighted by molar-refractivity contribution is 5.79. The van der Waals surface area contributed by atoms with E-state index in [4.69, 9.17) is 0 Å². The van der Waals surface area contributed by atoms with Gasteiger partial charge in [-0.15, -0.1) is 0 Å². The van der Waals surface area contributed by atoms with Crippen LogP contribution in [0.3, 0.4) is 0 Å². The zero-order chi connectivity index (χ0) is 23.3. The molecular weight excluding hydrogens is 400 g/mol. The average Bonchev–Trinajstić information content (AvgIpc) is 2.78. The summed E-state index contributed by atoms with van der Waals surface area (Å²) in [5.41, 5.74) is 3.62. The molecule has 3 heteroatoms. The molecule has 32 heavy (non-hydrogen) atoms. The zero-order valence-corrected chi connectivity index (χ0v) is 20.3. The van der Waals surface area contributed by atoms with Gasteiger partial charge in [0.05, 0.1) is 0 Å². The monoisotopic (exact) mass is 441 g/mol. The van der Waals surface area contributed by atoms with E-state index in [1.54, 1.807) is 12.1 Å². The standard InChI is InChI=1S/C29H41F2N/c1-5-7-8-9-16-25(14-6-2)17-12-18-26-19-13-20-27(22-26)24(4)32(29(30)31)28-21-11-10-15-23(28)3/h10-11,13,15,19-22,25,29H,4-9,12,14,16-18H2,1-3H3. The first-order chi connectivity index (χ1) is 15.5. The maximum absolute atomic E-state index is 14.0. The van der Waals surface area contributed by atoms with Crippen LogP contribution in [-0.4, -0.2) is 6.55 Å². The molecule has 1 atom stereocenters. The molecule has 2 rings (SSSR count). The summed E-state index contributed by atoms with van der Waals surface area (Å²) in [7, 11) is 0. The molecule has 2 aromatic rings. The Morgan fingerprint density at radius 2 is 1.62 bits per heavy atom. The molecule has 1 unspecified atom stereocenters. The Labute approximate surface area is 194 Å². The highest BCUT2D eigenvalue weighted by atomic mass is 19.3. The molecule has 2 aromatic carbocycles. The van der Waals surface area contributed by atoms with Crippen LogP contribution < -0.4 is 4.90 Å². The first-order valence-electron chi connectivity index (χ1n) is 12.4. The van der Waals surface area contributed by atoms with Crippen molar-refractivity contribution in [1.29, 1.82) is 0 Å². The van der Waals surface area contributed by atoms with E-state index in [-0.39, 0.29) is 0 Å². The zero-order valence-electron chi connectivity index (χ0n) is 20.3. The minimum atomic E-state index is -2.64. The third-order valence-electron chi connectivity index (χ3n) is 6.36. The van der Waals surface area contributed by atoms with Crippen LogP contribution in [0.25, 0.3) is 5.70 Å². The molecule has 0 aromatic heterocycles. The molecule has 0 saturated heterocycles. The van der Waals surface area contributed by atoms with E-state index in [0.717, 1.165) is 34.8 Å². The molecule has 0 fully saturated rings. The number of unbranched alkanes of at least 4 members (excludes halogenated alkanes) is 3. The van der Waals surface area contributed by atoms with Crippen LogP contribution in [0.2, 0.25) is 0 Å². The molecule has 0 amide bonds. The fourth-order valence-corrected chi connectivity index (χ4v) is 4.54. The van der Waals surface area contributed by atoms with E-state index in [2.05, 4.69) is 26.5 Å². The van der Waals surface area contributed by atoms with Gasteiger partial charge in [-0.2, -0.15) is 8.78 Å². The highest BCUT2D eigenvalue weighted by Crippen LogP contribution is 2.31. The minimum absolute atomic E-state index is 0.343. The Bertz CT molecular complexity index is 814. The van der Waals surface area contributed by atoms with Crippen LogP contribution >= 0.6 is 0 Å². The molecule has 0 radical (unpaired) electrons. The molecule has 0 bridgehead atoms. The molecule has 0 N–H and O–H groups in total. The Morgan fingerprint density at radius 3 is 2.31 bits per heavy atom. The van der Waals surface area contributed by atoms with Crippen LogP contribution in [0.1, 0.15) is 88.3 Å². The summed E-state index contributed by atoms with van der Waals surface area (Å²) in [6, 6.07) is 15.2. The summed E-state index contributed by atoms with van der Waals surface area (Å²) < 4.78 is 28.0. The van der Waals surface area contributed by atoms with Gasteiger partial charge in [-0.1, -0.05) is 108 Å². The van der Waals surface area contributed by atoms with Gasteiger partial charge in [-0.25, -0.2) is 0 Å². The second-order valence-corrected chi connectivity index (χ2v) is 8.98. The average molecular weight is 442 g/mol. The molecule has 0 heterocycles. The van der Waals surface area contributed by atoms with Crippen LogP contribution in [0, 0.1) is 12.8 Å². The minimum Gasteiger partial charge on any atom is -0.285 e. The van der Waals surface area contributed by atoms with Gasteiger partial charge in [0.1, 0.15) is 0 Å². The Balaban J connectivity index is 2.01. The number of hydrogen-bond acceptors (Lipinski definition) is 1. The van der Waals surface area contributed by atoms with Gasteiger partial charge in [0.2, 0.25) is 0 Å². The third kappa shape index (κ3) is 8.07. The first-order valence-corrected chi connectivity index (χ1v) is 12.4. The number of rotatable bonds is 15. The fourth-order valence-electron chi connectivity index (χ4n) is 4.54. The van der Waals surface area contributed by atoms with Gasteiger partial charge in [-0.05, 0) is 54.5 Å². The summed E-state index contributed by atoms with van der Waals surface area (Å²) in [5.74, 6) is 0.811. The number of anilines is 1. The molecule has 1 nitrogen and oxygen atoms in total.